The number of nitrogens with zero attached hydrogens (tertiary/aromatic N) is 1. The lowest BCUT2D eigenvalue weighted by atomic mass is 10.2. The van der Waals surface area contributed by atoms with Crippen LogP contribution in [-0.2, 0) is 4.79 Å². The normalized spacial score (nSPS) is 19.0. The molecular formula is C12H15FN2OS. The Bertz CT molecular complexity index is 439. The summed E-state index contributed by atoms with van der Waals surface area (Å²) in [5, 5.41) is 0. The highest BCUT2D eigenvalue weighted by Crippen LogP contribution is 2.38. The van der Waals surface area contributed by atoms with Gasteiger partial charge in [0.2, 0.25) is 5.91 Å². The molecule has 1 atom stereocenters. The van der Waals surface area contributed by atoms with Crippen molar-refractivity contribution in [3.05, 3.63) is 24.0 Å². The number of anilines is 1. The molecule has 3 nitrogen and oxygen atoms in total. The van der Waals surface area contributed by atoms with E-state index in [9.17, 15) is 9.18 Å². The first-order valence-electron chi connectivity index (χ1n) is 5.58. The van der Waals surface area contributed by atoms with Crippen LogP contribution in [0.4, 0.5) is 10.1 Å². The molecule has 0 aliphatic carbocycles. The van der Waals surface area contributed by atoms with Gasteiger partial charge in [-0.1, -0.05) is 0 Å². The van der Waals surface area contributed by atoms with Crippen LogP contribution in [-0.4, -0.2) is 24.2 Å². The standard InChI is InChI=1S/C12H15FN2OS/c1-8-7-17-11-6-9(13)2-3-10(11)15(8)12(16)4-5-14/h2-3,6,8H,4-5,7,14H2,1H3. The van der Waals surface area contributed by atoms with Gasteiger partial charge in [-0.3, -0.25) is 4.79 Å². The maximum atomic E-state index is 13.1. The molecule has 0 aromatic heterocycles. The summed E-state index contributed by atoms with van der Waals surface area (Å²) in [6.07, 6.45) is 0.325. The van der Waals surface area contributed by atoms with Gasteiger partial charge in [0.1, 0.15) is 5.82 Å². The molecule has 0 fully saturated rings. The molecule has 0 saturated heterocycles. The average molecular weight is 254 g/mol. The lowest BCUT2D eigenvalue weighted by Gasteiger charge is -2.34. The average Bonchev–Trinajstić information content (AvgIpc) is 2.29. The zero-order chi connectivity index (χ0) is 12.4. The van der Waals surface area contributed by atoms with Crippen molar-refractivity contribution in [2.45, 2.75) is 24.3 Å². The van der Waals surface area contributed by atoms with Crippen molar-refractivity contribution in [2.24, 2.45) is 5.73 Å². The van der Waals surface area contributed by atoms with Crippen molar-refractivity contribution >= 4 is 23.4 Å². The number of carbonyl (C=O) groups excluding carboxylic acids is 1. The molecule has 1 aliphatic rings. The molecule has 1 aliphatic heterocycles. The fraction of sp³-hybridized carbons (Fsp3) is 0.417. The van der Waals surface area contributed by atoms with E-state index >= 15 is 0 Å². The van der Waals surface area contributed by atoms with Gasteiger partial charge in [0.05, 0.1) is 5.69 Å². The van der Waals surface area contributed by atoms with Crippen LogP contribution in [0, 0.1) is 5.82 Å². The minimum Gasteiger partial charge on any atom is -0.330 e. The van der Waals surface area contributed by atoms with Gasteiger partial charge >= 0.3 is 0 Å². The summed E-state index contributed by atoms with van der Waals surface area (Å²) >= 11 is 1.59. The Hall–Kier alpha value is -1.07. The van der Waals surface area contributed by atoms with E-state index in [4.69, 9.17) is 5.73 Å². The van der Waals surface area contributed by atoms with E-state index in [0.29, 0.717) is 13.0 Å². The van der Waals surface area contributed by atoms with E-state index in [1.807, 2.05) is 6.92 Å². The molecule has 92 valence electrons. The number of hydrogen-bond acceptors (Lipinski definition) is 3. The maximum absolute atomic E-state index is 13.1. The van der Waals surface area contributed by atoms with Crippen LogP contribution in [0.3, 0.4) is 0 Å². The van der Waals surface area contributed by atoms with Crippen molar-refractivity contribution in [1.82, 2.24) is 0 Å². The Labute approximate surface area is 104 Å². The highest BCUT2D eigenvalue weighted by molar-refractivity contribution is 7.99. The highest BCUT2D eigenvalue weighted by Gasteiger charge is 2.28. The van der Waals surface area contributed by atoms with Gasteiger partial charge in [-0.2, -0.15) is 0 Å². The summed E-state index contributed by atoms with van der Waals surface area (Å²) in [5.74, 6) is 0.525. The zero-order valence-corrected chi connectivity index (χ0v) is 10.5. The fourth-order valence-corrected chi connectivity index (χ4v) is 3.03. The number of thioether (sulfide) groups is 1. The van der Waals surface area contributed by atoms with E-state index in [1.54, 1.807) is 22.7 Å². The second-order valence-corrected chi connectivity index (χ2v) is 5.14. The molecule has 17 heavy (non-hydrogen) atoms. The molecule has 1 amide bonds. The van der Waals surface area contributed by atoms with Crippen LogP contribution >= 0.6 is 11.8 Å². The third-order valence-corrected chi connectivity index (χ3v) is 4.02. The van der Waals surface area contributed by atoms with Crippen molar-refractivity contribution < 1.29 is 9.18 Å². The van der Waals surface area contributed by atoms with Gasteiger partial charge in [0.15, 0.2) is 0 Å². The monoisotopic (exact) mass is 254 g/mol. The summed E-state index contributed by atoms with van der Waals surface area (Å²) in [7, 11) is 0. The van der Waals surface area contributed by atoms with E-state index in [1.165, 1.54) is 12.1 Å². The SMILES string of the molecule is CC1CSc2cc(F)ccc2N1C(=O)CCN. The topological polar surface area (TPSA) is 46.3 Å². The first kappa shape index (κ1) is 12.4. The number of benzene rings is 1. The number of hydrogen-bond donors (Lipinski definition) is 1. The van der Waals surface area contributed by atoms with Crippen LogP contribution in [0.2, 0.25) is 0 Å². The molecule has 0 radical (unpaired) electrons. The molecule has 0 saturated carbocycles. The maximum Gasteiger partial charge on any atom is 0.228 e. The van der Waals surface area contributed by atoms with E-state index < -0.39 is 0 Å². The van der Waals surface area contributed by atoms with Crippen LogP contribution in [0.15, 0.2) is 23.1 Å². The number of rotatable bonds is 2. The second kappa shape index (κ2) is 5.06. The molecule has 1 aromatic rings. The molecular weight excluding hydrogens is 239 g/mol. The highest BCUT2D eigenvalue weighted by atomic mass is 32.2. The summed E-state index contributed by atoms with van der Waals surface area (Å²) in [4.78, 5) is 14.6. The van der Waals surface area contributed by atoms with E-state index in [-0.39, 0.29) is 17.8 Å². The number of halogens is 1. The molecule has 2 rings (SSSR count). The van der Waals surface area contributed by atoms with Crippen molar-refractivity contribution in [2.75, 3.05) is 17.2 Å². The van der Waals surface area contributed by atoms with Crippen LogP contribution in [0.1, 0.15) is 13.3 Å². The molecule has 1 aromatic carbocycles. The molecule has 0 spiro atoms. The minimum atomic E-state index is -0.267. The largest absolute Gasteiger partial charge is 0.330 e. The number of amides is 1. The number of nitrogens with two attached hydrogens (primary N) is 1. The van der Waals surface area contributed by atoms with Gasteiger partial charge in [0.25, 0.3) is 0 Å². The summed E-state index contributed by atoms with van der Waals surface area (Å²) in [6, 6.07) is 4.66. The Kier molecular flexibility index (Phi) is 3.69. The van der Waals surface area contributed by atoms with Gasteiger partial charge in [0, 0.05) is 29.7 Å². The van der Waals surface area contributed by atoms with Crippen LogP contribution < -0.4 is 10.6 Å². The third-order valence-electron chi connectivity index (χ3n) is 2.73. The van der Waals surface area contributed by atoms with Crippen molar-refractivity contribution in [3.8, 4) is 0 Å². The molecule has 1 heterocycles. The number of carbonyl (C=O) groups is 1. The Morgan fingerprint density at radius 3 is 3.12 bits per heavy atom. The van der Waals surface area contributed by atoms with E-state index in [2.05, 4.69) is 0 Å². The number of fused-ring (bicyclic) bond motifs is 1. The summed E-state index contributed by atoms with van der Waals surface area (Å²) in [5.41, 5.74) is 6.21. The lowest BCUT2D eigenvalue weighted by molar-refractivity contribution is -0.118. The smallest absolute Gasteiger partial charge is 0.228 e. The van der Waals surface area contributed by atoms with E-state index in [0.717, 1.165) is 16.3 Å². The van der Waals surface area contributed by atoms with Crippen molar-refractivity contribution in [1.29, 1.82) is 0 Å². The van der Waals surface area contributed by atoms with Gasteiger partial charge in [-0.05, 0) is 25.1 Å². The van der Waals surface area contributed by atoms with Gasteiger partial charge in [-0.25, -0.2) is 4.39 Å². The second-order valence-electron chi connectivity index (χ2n) is 4.07. The molecule has 5 heteroatoms. The Balaban J connectivity index is 2.36. The first-order valence-corrected chi connectivity index (χ1v) is 6.56. The first-order chi connectivity index (χ1) is 8.13. The van der Waals surface area contributed by atoms with Crippen LogP contribution in [0.25, 0.3) is 0 Å². The summed E-state index contributed by atoms with van der Waals surface area (Å²) < 4.78 is 13.1. The predicted molar refractivity (Wildman–Crippen MR) is 67.7 cm³/mol. The minimum absolute atomic E-state index is 0.00755. The van der Waals surface area contributed by atoms with Gasteiger partial charge in [-0.15, -0.1) is 11.8 Å². The molecule has 0 bridgehead atoms. The Morgan fingerprint density at radius 1 is 1.65 bits per heavy atom. The summed E-state index contributed by atoms with van der Waals surface area (Å²) in [6.45, 7) is 2.33. The molecule has 1 unspecified atom stereocenters. The quantitative estimate of drug-likeness (QED) is 0.878. The van der Waals surface area contributed by atoms with Crippen molar-refractivity contribution in [3.63, 3.8) is 0 Å². The third kappa shape index (κ3) is 2.45. The lowest BCUT2D eigenvalue weighted by Crippen LogP contribution is -2.43. The fourth-order valence-electron chi connectivity index (χ4n) is 1.95. The predicted octanol–water partition coefficient (Wildman–Crippen LogP) is 2.00. The molecule has 2 N–H and O–H groups in total. The zero-order valence-electron chi connectivity index (χ0n) is 9.65. The Morgan fingerprint density at radius 2 is 2.41 bits per heavy atom. The van der Waals surface area contributed by atoms with Crippen LogP contribution in [0.5, 0.6) is 0 Å². The van der Waals surface area contributed by atoms with Gasteiger partial charge < -0.3 is 10.6 Å².